The summed E-state index contributed by atoms with van der Waals surface area (Å²) in [7, 11) is 0. The molecule has 0 aromatic heterocycles. The van der Waals surface area contributed by atoms with Gasteiger partial charge in [-0.15, -0.1) is 0 Å². The van der Waals surface area contributed by atoms with Gasteiger partial charge >= 0.3 is 47.6 Å². The van der Waals surface area contributed by atoms with Crippen molar-refractivity contribution in [3.63, 3.8) is 0 Å². The fourth-order valence-corrected chi connectivity index (χ4v) is 1.81. The molecule has 1 atom stereocenters. The molecular formula is C11H7F17OS. The summed E-state index contributed by atoms with van der Waals surface area (Å²) in [6, 6.07) is 0. The molecule has 0 amide bonds. The van der Waals surface area contributed by atoms with E-state index < -0.39 is 65.9 Å². The van der Waals surface area contributed by atoms with E-state index in [0.29, 0.717) is 0 Å². The molecule has 1 N–H and O–H groups in total. The van der Waals surface area contributed by atoms with Gasteiger partial charge in [-0.25, -0.2) is 0 Å². The molecule has 30 heavy (non-hydrogen) atoms. The van der Waals surface area contributed by atoms with E-state index in [-0.39, 0.29) is 0 Å². The highest BCUT2D eigenvalue weighted by atomic mass is 32.1. The summed E-state index contributed by atoms with van der Waals surface area (Å²) < 4.78 is 219. The molecule has 0 bridgehead atoms. The van der Waals surface area contributed by atoms with Crippen molar-refractivity contribution in [2.75, 3.05) is 5.75 Å². The summed E-state index contributed by atoms with van der Waals surface area (Å²) in [6.07, 6.45) is -13.5. The average Bonchev–Trinajstić information content (AvgIpc) is 2.51. The van der Waals surface area contributed by atoms with Gasteiger partial charge < -0.3 is 5.11 Å². The van der Waals surface area contributed by atoms with Gasteiger partial charge in [0.2, 0.25) is 0 Å². The van der Waals surface area contributed by atoms with Crippen LogP contribution in [0.5, 0.6) is 0 Å². The maximum atomic E-state index is 13.3. The molecule has 0 aliphatic carbocycles. The Balaban J connectivity index is 6.62. The van der Waals surface area contributed by atoms with Gasteiger partial charge in [0.25, 0.3) is 0 Å². The predicted octanol–water partition coefficient (Wildman–Crippen LogP) is 5.68. The summed E-state index contributed by atoms with van der Waals surface area (Å²) in [6.45, 7) is 0. The van der Waals surface area contributed by atoms with Crippen molar-refractivity contribution in [2.45, 2.75) is 60.2 Å². The molecule has 0 saturated heterocycles. The van der Waals surface area contributed by atoms with Gasteiger partial charge in [-0.2, -0.15) is 87.3 Å². The summed E-state index contributed by atoms with van der Waals surface area (Å²) in [5.74, 6) is -57.9. The Bertz CT molecular complexity index is 609. The Morgan fingerprint density at radius 1 is 0.500 bits per heavy atom. The number of aliphatic hydroxyl groups is 1. The molecule has 0 fully saturated rings. The Morgan fingerprint density at radius 3 is 1.03 bits per heavy atom. The summed E-state index contributed by atoms with van der Waals surface area (Å²) in [4.78, 5) is 0. The molecule has 0 radical (unpaired) electrons. The van der Waals surface area contributed by atoms with Crippen molar-refractivity contribution in [1.29, 1.82) is 0 Å². The molecule has 0 spiro atoms. The van der Waals surface area contributed by atoms with E-state index in [1.54, 1.807) is 0 Å². The molecule has 0 heterocycles. The van der Waals surface area contributed by atoms with Crippen LogP contribution in [-0.2, 0) is 0 Å². The number of halogens is 17. The maximum absolute atomic E-state index is 13.3. The van der Waals surface area contributed by atoms with E-state index in [1.807, 2.05) is 0 Å². The number of hydrogen-bond donors (Lipinski definition) is 2. The van der Waals surface area contributed by atoms with E-state index in [9.17, 15) is 74.6 Å². The Kier molecular flexibility index (Phi) is 7.39. The minimum Gasteiger partial charge on any atom is -0.392 e. The lowest BCUT2D eigenvalue weighted by Crippen LogP contribution is -2.74. The van der Waals surface area contributed by atoms with Crippen LogP contribution in [0.25, 0.3) is 0 Å². The number of alkyl halides is 17. The van der Waals surface area contributed by atoms with Crippen molar-refractivity contribution >= 4 is 12.6 Å². The zero-order chi connectivity index (χ0) is 25.0. The predicted molar refractivity (Wildman–Crippen MR) is 65.2 cm³/mol. The molecule has 1 nitrogen and oxygen atoms in total. The van der Waals surface area contributed by atoms with Crippen molar-refractivity contribution in [3.8, 4) is 0 Å². The van der Waals surface area contributed by atoms with E-state index in [2.05, 4.69) is 12.6 Å². The average molecular weight is 510 g/mol. The van der Waals surface area contributed by atoms with Crippen LogP contribution in [0.3, 0.4) is 0 Å². The summed E-state index contributed by atoms with van der Waals surface area (Å²) in [5, 5.41) is 8.70. The number of hydrogen-bond acceptors (Lipinski definition) is 2. The van der Waals surface area contributed by atoms with E-state index in [4.69, 9.17) is 5.11 Å². The molecule has 0 rings (SSSR count). The first-order valence-corrected chi connectivity index (χ1v) is 7.34. The molecule has 0 aromatic carbocycles. The van der Waals surface area contributed by atoms with E-state index in [1.165, 1.54) is 0 Å². The molecule has 0 aliphatic rings. The van der Waals surface area contributed by atoms with Crippen LogP contribution in [0.4, 0.5) is 74.6 Å². The molecular weight excluding hydrogens is 503 g/mol. The molecule has 182 valence electrons. The normalized spacial score (nSPS) is 17.3. The first kappa shape index (κ1) is 29.1. The van der Waals surface area contributed by atoms with Crippen LogP contribution in [-0.4, -0.2) is 64.6 Å². The van der Waals surface area contributed by atoms with Crippen LogP contribution in [0.2, 0.25) is 0 Å². The second kappa shape index (κ2) is 7.61. The van der Waals surface area contributed by atoms with E-state index >= 15 is 0 Å². The lowest BCUT2D eigenvalue weighted by Gasteiger charge is -2.43. The zero-order valence-corrected chi connectivity index (χ0v) is 14.2. The van der Waals surface area contributed by atoms with Crippen LogP contribution < -0.4 is 0 Å². The SMILES string of the molecule is OC(CS)CC(F)(F)C(F)(F)C(F)(F)C(F)(F)C(F)(F)C(F)(F)C(F)(F)C(F)(F)F. The minimum absolute atomic E-state index is 1.22. The number of thiol groups is 1. The fourth-order valence-electron chi connectivity index (χ4n) is 1.69. The zero-order valence-electron chi connectivity index (χ0n) is 13.3. The van der Waals surface area contributed by atoms with Gasteiger partial charge in [-0.1, -0.05) is 0 Å². The van der Waals surface area contributed by atoms with Crippen LogP contribution in [0, 0.1) is 0 Å². The van der Waals surface area contributed by atoms with Crippen molar-refractivity contribution in [3.05, 3.63) is 0 Å². The Hall–Kier alpha value is -0.880. The van der Waals surface area contributed by atoms with Crippen molar-refractivity contribution in [1.82, 2.24) is 0 Å². The first-order valence-electron chi connectivity index (χ1n) is 6.71. The van der Waals surface area contributed by atoms with Gasteiger partial charge in [0.1, 0.15) is 0 Å². The maximum Gasteiger partial charge on any atom is 0.460 e. The smallest absolute Gasteiger partial charge is 0.392 e. The van der Waals surface area contributed by atoms with Crippen molar-refractivity contribution < 1.29 is 79.7 Å². The standard InChI is InChI=1S/C11H7F17OS/c12-4(13,1-3(29)2-30)5(14,15)6(16,17)7(18,19)8(20,21)9(22,23)10(24,25)11(26,27)28/h3,29-30H,1-2H2. The quantitative estimate of drug-likeness (QED) is 0.303. The lowest BCUT2D eigenvalue weighted by molar-refractivity contribution is -0.462. The third-order valence-electron chi connectivity index (χ3n) is 3.49. The highest BCUT2D eigenvalue weighted by Crippen LogP contribution is 2.64. The third kappa shape index (κ3) is 3.87. The third-order valence-corrected chi connectivity index (χ3v) is 3.91. The topological polar surface area (TPSA) is 20.2 Å². The lowest BCUT2D eigenvalue weighted by atomic mass is 9.88. The molecule has 0 aliphatic heterocycles. The minimum atomic E-state index is -8.65. The van der Waals surface area contributed by atoms with Gasteiger partial charge in [-0.05, 0) is 0 Å². The highest BCUT2D eigenvalue weighted by molar-refractivity contribution is 7.80. The molecule has 19 heteroatoms. The largest absolute Gasteiger partial charge is 0.460 e. The van der Waals surface area contributed by atoms with Gasteiger partial charge in [0, 0.05) is 12.2 Å². The van der Waals surface area contributed by atoms with Crippen LogP contribution in [0.15, 0.2) is 0 Å². The van der Waals surface area contributed by atoms with Crippen molar-refractivity contribution in [2.24, 2.45) is 0 Å². The van der Waals surface area contributed by atoms with E-state index in [0.717, 1.165) is 0 Å². The second-order valence-corrected chi connectivity index (χ2v) is 6.05. The number of rotatable bonds is 9. The highest BCUT2D eigenvalue weighted by Gasteiger charge is 2.95. The van der Waals surface area contributed by atoms with Gasteiger partial charge in [0.05, 0.1) is 6.10 Å². The second-order valence-electron chi connectivity index (χ2n) is 5.69. The summed E-state index contributed by atoms with van der Waals surface area (Å²) >= 11 is 3.02. The van der Waals surface area contributed by atoms with Crippen LogP contribution >= 0.6 is 12.6 Å². The van der Waals surface area contributed by atoms with Gasteiger partial charge in [0.15, 0.2) is 0 Å². The van der Waals surface area contributed by atoms with Crippen LogP contribution in [0.1, 0.15) is 6.42 Å². The molecule has 1 unspecified atom stereocenters. The number of aliphatic hydroxyl groups excluding tert-OH is 1. The fraction of sp³-hybridized carbons (Fsp3) is 1.00. The first-order chi connectivity index (χ1) is 12.7. The summed E-state index contributed by atoms with van der Waals surface area (Å²) in [5.41, 5.74) is 0. The molecule has 0 saturated carbocycles. The Labute approximate surface area is 159 Å². The molecule has 0 aromatic rings. The monoisotopic (exact) mass is 510 g/mol. The Morgan fingerprint density at radius 2 is 0.767 bits per heavy atom. The van der Waals surface area contributed by atoms with Gasteiger partial charge in [-0.3, -0.25) is 0 Å².